The normalized spacial score (nSPS) is 10.6. The zero-order chi connectivity index (χ0) is 13.0. The summed E-state index contributed by atoms with van der Waals surface area (Å²) in [4.78, 5) is 11.8. The second-order valence-corrected chi connectivity index (χ2v) is 3.72. The van der Waals surface area contributed by atoms with Gasteiger partial charge in [0.25, 0.3) is 5.91 Å². The SMILES string of the molecule is CCOCn1cc(NC(=O)c2ccn(C)n2)cn1. The van der Waals surface area contributed by atoms with E-state index in [0.717, 1.165) is 0 Å². The Kier molecular flexibility index (Phi) is 3.73. The van der Waals surface area contributed by atoms with E-state index in [1.165, 1.54) is 0 Å². The van der Waals surface area contributed by atoms with E-state index in [2.05, 4.69) is 15.5 Å². The molecule has 0 radical (unpaired) electrons. The minimum atomic E-state index is -0.258. The van der Waals surface area contributed by atoms with Crippen LogP contribution in [0.15, 0.2) is 24.7 Å². The van der Waals surface area contributed by atoms with Crippen LogP contribution in [-0.4, -0.2) is 32.1 Å². The Labute approximate surface area is 104 Å². The number of carbonyl (C=O) groups is 1. The lowest BCUT2D eigenvalue weighted by molar-refractivity contribution is 0.0792. The van der Waals surface area contributed by atoms with Gasteiger partial charge in [0, 0.05) is 19.9 Å². The number of carbonyl (C=O) groups excluding carboxylic acids is 1. The number of rotatable bonds is 5. The quantitative estimate of drug-likeness (QED) is 0.853. The molecule has 1 N–H and O–H groups in total. The molecule has 0 saturated heterocycles. The second kappa shape index (κ2) is 5.46. The lowest BCUT2D eigenvalue weighted by Gasteiger charge is -2.00. The van der Waals surface area contributed by atoms with Crippen molar-refractivity contribution in [3.8, 4) is 0 Å². The van der Waals surface area contributed by atoms with Crippen molar-refractivity contribution in [1.29, 1.82) is 0 Å². The van der Waals surface area contributed by atoms with Gasteiger partial charge in [-0.25, -0.2) is 4.68 Å². The van der Waals surface area contributed by atoms with Crippen molar-refractivity contribution in [3.63, 3.8) is 0 Å². The first-order valence-corrected chi connectivity index (χ1v) is 5.60. The Hall–Kier alpha value is -2.15. The summed E-state index contributed by atoms with van der Waals surface area (Å²) in [7, 11) is 1.76. The van der Waals surface area contributed by atoms with Crippen LogP contribution in [-0.2, 0) is 18.5 Å². The molecule has 0 bridgehead atoms. The molecule has 0 saturated carbocycles. The average molecular weight is 249 g/mol. The molecule has 0 aliphatic carbocycles. The highest BCUT2D eigenvalue weighted by molar-refractivity contribution is 6.02. The number of hydrogen-bond acceptors (Lipinski definition) is 4. The summed E-state index contributed by atoms with van der Waals surface area (Å²) < 4.78 is 8.38. The topological polar surface area (TPSA) is 74.0 Å². The highest BCUT2D eigenvalue weighted by atomic mass is 16.5. The summed E-state index contributed by atoms with van der Waals surface area (Å²) in [5.41, 5.74) is 0.986. The van der Waals surface area contributed by atoms with Gasteiger partial charge in [0.1, 0.15) is 6.73 Å². The van der Waals surface area contributed by atoms with Gasteiger partial charge in [0.15, 0.2) is 5.69 Å². The third-order valence-corrected chi connectivity index (χ3v) is 2.27. The summed E-state index contributed by atoms with van der Waals surface area (Å²) in [6.45, 7) is 2.90. The minimum Gasteiger partial charge on any atom is -0.360 e. The maximum atomic E-state index is 11.8. The minimum absolute atomic E-state index is 0.258. The standard InChI is InChI=1S/C11H15N5O2/c1-3-18-8-16-7-9(6-12-16)13-11(17)10-4-5-15(2)14-10/h4-7H,3,8H2,1-2H3,(H,13,17). The van der Waals surface area contributed by atoms with E-state index in [-0.39, 0.29) is 5.91 Å². The van der Waals surface area contributed by atoms with E-state index in [1.807, 2.05) is 6.92 Å². The lowest BCUT2D eigenvalue weighted by atomic mass is 10.4. The second-order valence-electron chi connectivity index (χ2n) is 3.72. The van der Waals surface area contributed by atoms with Crippen molar-refractivity contribution in [3.05, 3.63) is 30.4 Å². The van der Waals surface area contributed by atoms with E-state index in [1.54, 1.807) is 41.1 Å². The van der Waals surface area contributed by atoms with Crippen LogP contribution < -0.4 is 5.32 Å². The molecular formula is C11H15N5O2. The van der Waals surface area contributed by atoms with Crippen LogP contribution in [0.1, 0.15) is 17.4 Å². The molecule has 7 nitrogen and oxygen atoms in total. The van der Waals surface area contributed by atoms with Gasteiger partial charge in [-0.15, -0.1) is 0 Å². The number of aromatic nitrogens is 4. The van der Waals surface area contributed by atoms with Crippen LogP contribution in [0.5, 0.6) is 0 Å². The van der Waals surface area contributed by atoms with Crippen molar-refractivity contribution < 1.29 is 9.53 Å². The number of hydrogen-bond donors (Lipinski definition) is 1. The maximum Gasteiger partial charge on any atom is 0.276 e. The summed E-state index contributed by atoms with van der Waals surface area (Å²) in [6, 6.07) is 1.65. The summed E-state index contributed by atoms with van der Waals surface area (Å²) >= 11 is 0. The Morgan fingerprint density at radius 2 is 2.39 bits per heavy atom. The molecule has 0 spiro atoms. The number of ether oxygens (including phenoxy) is 1. The van der Waals surface area contributed by atoms with Crippen LogP contribution in [0, 0.1) is 0 Å². The summed E-state index contributed by atoms with van der Waals surface area (Å²) in [6.07, 6.45) is 4.99. The van der Waals surface area contributed by atoms with E-state index in [0.29, 0.717) is 24.7 Å². The van der Waals surface area contributed by atoms with Crippen molar-refractivity contribution in [2.45, 2.75) is 13.7 Å². The molecular weight excluding hydrogens is 234 g/mol. The molecule has 2 aromatic rings. The monoisotopic (exact) mass is 249 g/mol. The maximum absolute atomic E-state index is 11.8. The van der Waals surface area contributed by atoms with Crippen molar-refractivity contribution in [2.24, 2.45) is 7.05 Å². The Morgan fingerprint density at radius 1 is 1.56 bits per heavy atom. The largest absolute Gasteiger partial charge is 0.360 e. The van der Waals surface area contributed by atoms with Gasteiger partial charge in [0.05, 0.1) is 18.1 Å². The predicted octanol–water partition coefficient (Wildman–Crippen LogP) is 0.863. The van der Waals surface area contributed by atoms with E-state index in [4.69, 9.17) is 4.74 Å². The highest BCUT2D eigenvalue weighted by Gasteiger charge is 2.09. The van der Waals surface area contributed by atoms with Gasteiger partial charge >= 0.3 is 0 Å². The molecule has 0 aromatic carbocycles. The molecule has 0 aliphatic heterocycles. The lowest BCUT2D eigenvalue weighted by Crippen LogP contribution is -2.12. The molecule has 0 atom stereocenters. The fourth-order valence-electron chi connectivity index (χ4n) is 1.41. The first-order chi connectivity index (χ1) is 8.69. The van der Waals surface area contributed by atoms with Crippen molar-refractivity contribution in [2.75, 3.05) is 11.9 Å². The number of nitrogens with zero attached hydrogens (tertiary/aromatic N) is 4. The Bertz CT molecular complexity index is 531. The van der Waals surface area contributed by atoms with Crippen LogP contribution in [0.3, 0.4) is 0 Å². The molecule has 96 valence electrons. The molecule has 18 heavy (non-hydrogen) atoms. The first kappa shape index (κ1) is 12.3. The molecule has 2 aromatic heterocycles. The van der Waals surface area contributed by atoms with Gasteiger partial charge in [-0.2, -0.15) is 10.2 Å². The van der Waals surface area contributed by atoms with E-state index in [9.17, 15) is 4.79 Å². The van der Waals surface area contributed by atoms with Crippen LogP contribution in [0.25, 0.3) is 0 Å². The zero-order valence-corrected chi connectivity index (χ0v) is 10.3. The Morgan fingerprint density at radius 3 is 3.06 bits per heavy atom. The number of nitrogens with one attached hydrogen (secondary N) is 1. The predicted molar refractivity (Wildman–Crippen MR) is 65.0 cm³/mol. The molecule has 2 heterocycles. The third-order valence-electron chi connectivity index (χ3n) is 2.27. The van der Waals surface area contributed by atoms with Crippen LogP contribution >= 0.6 is 0 Å². The first-order valence-electron chi connectivity index (χ1n) is 5.60. The fourth-order valence-corrected chi connectivity index (χ4v) is 1.41. The molecule has 0 aliphatic rings. The van der Waals surface area contributed by atoms with Gasteiger partial charge in [0.2, 0.25) is 0 Å². The summed E-state index contributed by atoms with van der Waals surface area (Å²) in [5, 5.41) is 10.8. The van der Waals surface area contributed by atoms with Crippen LogP contribution in [0.4, 0.5) is 5.69 Å². The van der Waals surface area contributed by atoms with Gasteiger partial charge in [-0.05, 0) is 13.0 Å². The van der Waals surface area contributed by atoms with Crippen molar-refractivity contribution in [1.82, 2.24) is 19.6 Å². The molecule has 7 heteroatoms. The fraction of sp³-hybridized carbons (Fsp3) is 0.364. The molecule has 2 rings (SSSR count). The zero-order valence-electron chi connectivity index (χ0n) is 10.3. The molecule has 0 fully saturated rings. The number of aryl methyl sites for hydroxylation is 1. The van der Waals surface area contributed by atoms with E-state index < -0.39 is 0 Å². The third kappa shape index (κ3) is 2.95. The molecule has 0 unspecified atom stereocenters. The number of amides is 1. The van der Waals surface area contributed by atoms with Crippen molar-refractivity contribution >= 4 is 11.6 Å². The van der Waals surface area contributed by atoms with E-state index >= 15 is 0 Å². The van der Waals surface area contributed by atoms with Gasteiger partial charge in [-0.3, -0.25) is 9.48 Å². The average Bonchev–Trinajstić information content (AvgIpc) is 2.96. The summed E-state index contributed by atoms with van der Waals surface area (Å²) in [5.74, 6) is -0.258. The highest BCUT2D eigenvalue weighted by Crippen LogP contribution is 2.07. The smallest absolute Gasteiger partial charge is 0.276 e. The Balaban J connectivity index is 1.97. The molecule has 1 amide bonds. The van der Waals surface area contributed by atoms with Crippen LogP contribution in [0.2, 0.25) is 0 Å². The number of anilines is 1. The van der Waals surface area contributed by atoms with Gasteiger partial charge < -0.3 is 10.1 Å². The van der Waals surface area contributed by atoms with Gasteiger partial charge in [-0.1, -0.05) is 0 Å².